The fourth-order valence-corrected chi connectivity index (χ4v) is 3.54. The number of ether oxygens (including phenoxy) is 2. The number of phenolic OH excluding ortho intramolecular Hbond substituents is 1. The number of hydrogen-bond acceptors (Lipinski definition) is 5. The van der Waals surface area contributed by atoms with E-state index in [1.165, 1.54) is 12.1 Å². The lowest BCUT2D eigenvalue weighted by molar-refractivity contribution is -0.141. The van der Waals surface area contributed by atoms with Crippen LogP contribution in [0.4, 0.5) is 0 Å². The molecule has 3 aromatic rings. The van der Waals surface area contributed by atoms with Gasteiger partial charge in [0.2, 0.25) is 0 Å². The Balaban J connectivity index is 1.24. The van der Waals surface area contributed by atoms with Crippen LogP contribution in [0.15, 0.2) is 66.7 Å². The number of phenols is 1. The Morgan fingerprint density at radius 3 is 2.00 bits per heavy atom. The summed E-state index contributed by atoms with van der Waals surface area (Å²) >= 11 is 0. The minimum atomic E-state index is -0.132. The van der Waals surface area contributed by atoms with Crippen molar-refractivity contribution >= 4 is 22.6 Å². The molecule has 4 rings (SSSR count). The molecule has 1 saturated heterocycles. The van der Waals surface area contributed by atoms with Gasteiger partial charge in [-0.05, 0) is 35.7 Å². The number of aromatic hydroxyl groups is 1. The van der Waals surface area contributed by atoms with Crippen molar-refractivity contribution in [3.05, 3.63) is 66.7 Å². The molecule has 0 aromatic heterocycles. The first-order valence-corrected chi connectivity index (χ1v) is 10.2. The maximum atomic E-state index is 12.6. The maximum Gasteiger partial charge on any atom is 0.260 e. The van der Waals surface area contributed by atoms with Crippen molar-refractivity contribution < 1.29 is 24.2 Å². The van der Waals surface area contributed by atoms with Crippen molar-refractivity contribution in [1.29, 1.82) is 0 Å². The smallest absolute Gasteiger partial charge is 0.260 e. The van der Waals surface area contributed by atoms with Crippen LogP contribution in [0.5, 0.6) is 17.2 Å². The molecule has 1 aliphatic heterocycles. The molecule has 0 unspecified atom stereocenters. The van der Waals surface area contributed by atoms with Gasteiger partial charge in [-0.2, -0.15) is 0 Å². The minimum Gasteiger partial charge on any atom is -0.508 e. The molecular formula is C24H24N2O5. The summed E-state index contributed by atoms with van der Waals surface area (Å²) in [6.07, 6.45) is 0. The number of carbonyl (C=O) groups excluding carboxylic acids is 2. The predicted molar refractivity (Wildman–Crippen MR) is 116 cm³/mol. The summed E-state index contributed by atoms with van der Waals surface area (Å²) in [7, 11) is 0. The Bertz CT molecular complexity index is 1050. The second-order valence-electron chi connectivity index (χ2n) is 7.31. The quantitative estimate of drug-likeness (QED) is 0.663. The third-order valence-corrected chi connectivity index (χ3v) is 5.28. The number of piperazine rings is 1. The summed E-state index contributed by atoms with van der Waals surface area (Å²) in [6.45, 7) is 1.72. The molecule has 1 fully saturated rings. The number of hydrogen-bond donors (Lipinski definition) is 1. The van der Waals surface area contributed by atoms with Gasteiger partial charge in [-0.3, -0.25) is 9.59 Å². The van der Waals surface area contributed by atoms with E-state index in [1.54, 1.807) is 21.9 Å². The number of amides is 2. The zero-order valence-corrected chi connectivity index (χ0v) is 17.1. The lowest BCUT2D eigenvalue weighted by atomic mass is 10.1. The standard InChI is InChI=1S/C24H24N2O5/c27-19-8-10-20(11-9-19)30-16-23(28)25-12-14-26(15-13-25)24(29)17-31-22-7-3-5-18-4-1-2-6-21(18)22/h1-11,27H,12-17H2. The van der Waals surface area contributed by atoms with Gasteiger partial charge in [0.25, 0.3) is 11.8 Å². The topological polar surface area (TPSA) is 79.3 Å². The molecule has 1 heterocycles. The van der Waals surface area contributed by atoms with Crippen LogP contribution in [-0.2, 0) is 9.59 Å². The lowest BCUT2D eigenvalue weighted by Gasteiger charge is -2.34. The second kappa shape index (κ2) is 9.38. The van der Waals surface area contributed by atoms with Crippen molar-refractivity contribution in [2.75, 3.05) is 39.4 Å². The largest absolute Gasteiger partial charge is 0.508 e. The number of carbonyl (C=O) groups is 2. The molecule has 0 radical (unpaired) electrons. The van der Waals surface area contributed by atoms with E-state index in [1.807, 2.05) is 42.5 Å². The van der Waals surface area contributed by atoms with E-state index in [4.69, 9.17) is 9.47 Å². The molecule has 0 bridgehead atoms. The summed E-state index contributed by atoms with van der Waals surface area (Å²) in [6, 6.07) is 19.9. The van der Waals surface area contributed by atoms with E-state index >= 15 is 0 Å². The van der Waals surface area contributed by atoms with E-state index in [9.17, 15) is 14.7 Å². The van der Waals surface area contributed by atoms with Crippen molar-refractivity contribution in [2.24, 2.45) is 0 Å². The van der Waals surface area contributed by atoms with Crippen LogP contribution in [0.25, 0.3) is 10.8 Å². The molecule has 0 saturated carbocycles. The van der Waals surface area contributed by atoms with Crippen LogP contribution in [-0.4, -0.2) is 66.1 Å². The third kappa shape index (κ3) is 5.06. The Morgan fingerprint density at radius 1 is 0.742 bits per heavy atom. The molecular weight excluding hydrogens is 396 g/mol. The summed E-state index contributed by atoms with van der Waals surface area (Å²) in [5, 5.41) is 11.3. The van der Waals surface area contributed by atoms with Crippen LogP contribution < -0.4 is 9.47 Å². The van der Waals surface area contributed by atoms with Gasteiger partial charge in [0, 0.05) is 31.6 Å². The molecule has 2 amide bonds. The summed E-state index contributed by atoms with van der Waals surface area (Å²) in [5.74, 6) is 1.12. The Kier molecular flexibility index (Phi) is 6.21. The highest BCUT2D eigenvalue weighted by molar-refractivity contribution is 5.88. The highest BCUT2D eigenvalue weighted by Crippen LogP contribution is 2.25. The second-order valence-corrected chi connectivity index (χ2v) is 7.31. The van der Waals surface area contributed by atoms with Gasteiger partial charge in [0.05, 0.1) is 0 Å². The van der Waals surface area contributed by atoms with Gasteiger partial charge in [-0.1, -0.05) is 36.4 Å². The van der Waals surface area contributed by atoms with Gasteiger partial charge < -0.3 is 24.4 Å². The monoisotopic (exact) mass is 420 g/mol. The first kappa shape index (κ1) is 20.5. The molecule has 0 aliphatic carbocycles. The number of fused-ring (bicyclic) bond motifs is 1. The molecule has 160 valence electrons. The fraction of sp³-hybridized carbons (Fsp3) is 0.250. The lowest BCUT2D eigenvalue weighted by Crippen LogP contribution is -2.52. The number of nitrogens with zero attached hydrogens (tertiary/aromatic N) is 2. The van der Waals surface area contributed by atoms with Crippen LogP contribution >= 0.6 is 0 Å². The molecule has 31 heavy (non-hydrogen) atoms. The molecule has 1 N–H and O–H groups in total. The molecule has 1 aliphatic rings. The van der Waals surface area contributed by atoms with E-state index in [-0.39, 0.29) is 30.8 Å². The minimum absolute atomic E-state index is 0.0358. The van der Waals surface area contributed by atoms with Gasteiger partial charge in [-0.15, -0.1) is 0 Å². The van der Waals surface area contributed by atoms with Gasteiger partial charge in [-0.25, -0.2) is 0 Å². The Morgan fingerprint density at radius 2 is 1.32 bits per heavy atom. The molecule has 3 aromatic carbocycles. The van der Waals surface area contributed by atoms with Crippen molar-refractivity contribution in [3.8, 4) is 17.2 Å². The summed E-state index contributed by atoms with van der Waals surface area (Å²) in [5.41, 5.74) is 0. The fourth-order valence-electron chi connectivity index (χ4n) is 3.54. The van der Waals surface area contributed by atoms with E-state index < -0.39 is 0 Å². The average molecular weight is 420 g/mol. The predicted octanol–water partition coefficient (Wildman–Crippen LogP) is 2.67. The SMILES string of the molecule is O=C(COc1ccc(O)cc1)N1CCN(C(=O)COc2cccc3ccccc23)CC1. The third-order valence-electron chi connectivity index (χ3n) is 5.28. The van der Waals surface area contributed by atoms with Crippen LogP contribution in [0.1, 0.15) is 0 Å². The first-order valence-electron chi connectivity index (χ1n) is 10.2. The highest BCUT2D eigenvalue weighted by atomic mass is 16.5. The van der Waals surface area contributed by atoms with Crippen LogP contribution in [0, 0.1) is 0 Å². The number of rotatable bonds is 6. The summed E-state index contributed by atoms with van der Waals surface area (Å²) in [4.78, 5) is 28.4. The van der Waals surface area contributed by atoms with Crippen LogP contribution in [0.3, 0.4) is 0 Å². The average Bonchev–Trinajstić information content (AvgIpc) is 2.82. The zero-order valence-electron chi connectivity index (χ0n) is 17.1. The summed E-state index contributed by atoms with van der Waals surface area (Å²) < 4.78 is 11.3. The van der Waals surface area contributed by atoms with Crippen LogP contribution in [0.2, 0.25) is 0 Å². The molecule has 7 nitrogen and oxygen atoms in total. The molecule has 7 heteroatoms. The molecule has 0 spiro atoms. The normalized spacial score (nSPS) is 13.8. The van der Waals surface area contributed by atoms with E-state index in [0.717, 1.165) is 10.8 Å². The van der Waals surface area contributed by atoms with Crippen molar-refractivity contribution in [2.45, 2.75) is 0 Å². The van der Waals surface area contributed by atoms with Gasteiger partial charge in [0.1, 0.15) is 17.2 Å². The molecule has 0 atom stereocenters. The number of benzene rings is 3. The Labute approximate surface area is 180 Å². The van der Waals surface area contributed by atoms with Gasteiger partial charge >= 0.3 is 0 Å². The van der Waals surface area contributed by atoms with Crippen molar-refractivity contribution in [3.63, 3.8) is 0 Å². The zero-order chi connectivity index (χ0) is 21.6. The van der Waals surface area contributed by atoms with E-state index in [2.05, 4.69) is 0 Å². The van der Waals surface area contributed by atoms with Gasteiger partial charge in [0.15, 0.2) is 13.2 Å². The van der Waals surface area contributed by atoms with Crippen molar-refractivity contribution in [1.82, 2.24) is 9.80 Å². The van der Waals surface area contributed by atoms with E-state index in [0.29, 0.717) is 37.7 Å². The maximum absolute atomic E-state index is 12.6. The Hall–Kier alpha value is -3.74. The first-order chi connectivity index (χ1) is 15.1. The highest BCUT2D eigenvalue weighted by Gasteiger charge is 2.24.